The standard InChI is InChI=1S/C22H25N3O3/c26-21(25-12-4-14-28-25)15-20-22(27)23-11-13-24(20)16-17-7-9-19(10-8-17)18-5-2-1-3-6-18/h1-3,5-10,20H,4,11-16H2,(H,23,27)/t20-/m0/s1. The van der Waals surface area contributed by atoms with E-state index in [0.717, 1.165) is 18.5 Å². The summed E-state index contributed by atoms with van der Waals surface area (Å²) in [6, 6.07) is 18.2. The third-order valence-electron chi connectivity index (χ3n) is 5.29. The molecule has 0 spiro atoms. The van der Waals surface area contributed by atoms with E-state index < -0.39 is 6.04 Å². The lowest BCUT2D eigenvalue weighted by molar-refractivity contribution is -0.171. The average molecular weight is 379 g/mol. The second-order valence-corrected chi connectivity index (χ2v) is 7.23. The molecule has 1 N–H and O–H groups in total. The van der Waals surface area contributed by atoms with Gasteiger partial charge in [-0.2, -0.15) is 0 Å². The van der Waals surface area contributed by atoms with E-state index in [1.807, 2.05) is 18.2 Å². The summed E-state index contributed by atoms with van der Waals surface area (Å²) in [6.45, 7) is 3.15. The summed E-state index contributed by atoms with van der Waals surface area (Å²) in [6.07, 6.45) is 0.994. The largest absolute Gasteiger partial charge is 0.353 e. The van der Waals surface area contributed by atoms with Crippen LogP contribution in [0.1, 0.15) is 18.4 Å². The van der Waals surface area contributed by atoms with Crippen molar-refractivity contribution in [2.45, 2.75) is 25.4 Å². The Morgan fingerprint density at radius 2 is 1.79 bits per heavy atom. The Morgan fingerprint density at radius 3 is 2.50 bits per heavy atom. The number of hydroxylamine groups is 2. The molecule has 1 atom stereocenters. The molecule has 2 heterocycles. The molecule has 0 radical (unpaired) electrons. The molecule has 2 saturated heterocycles. The number of hydrogen-bond donors (Lipinski definition) is 1. The Bertz CT molecular complexity index is 817. The van der Waals surface area contributed by atoms with Gasteiger partial charge < -0.3 is 5.32 Å². The van der Waals surface area contributed by atoms with Crippen LogP contribution < -0.4 is 5.32 Å². The molecule has 0 bridgehead atoms. The highest BCUT2D eigenvalue weighted by atomic mass is 16.7. The number of carbonyl (C=O) groups is 2. The van der Waals surface area contributed by atoms with Crippen LogP contribution in [-0.2, 0) is 21.0 Å². The van der Waals surface area contributed by atoms with E-state index in [1.54, 1.807) is 0 Å². The first-order valence-electron chi connectivity index (χ1n) is 9.80. The maximum absolute atomic E-state index is 12.5. The van der Waals surface area contributed by atoms with Gasteiger partial charge >= 0.3 is 0 Å². The summed E-state index contributed by atoms with van der Waals surface area (Å²) in [7, 11) is 0. The summed E-state index contributed by atoms with van der Waals surface area (Å²) in [5, 5.41) is 4.28. The molecule has 6 heteroatoms. The summed E-state index contributed by atoms with van der Waals surface area (Å²) in [4.78, 5) is 32.3. The summed E-state index contributed by atoms with van der Waals surface area (Å²) in [5.74, 6) is -0.205. The maximum Gasteiger partial charge on any atom is 0.248 e. The Balaban J connectivity index is 1.44. The Labute approximate surface area is 165 Å². The van der Waals surface area contributed by atoms with Crippen LogP contribution in [0.25, 0.3) is 11.1 Å². The van der Waals surface area contributed by atoms with Gasteiger partial charge in [-0.3, -0.25) is 19.3 Å². The quantitative estimate of drug-likeness (QED) is 0.865. The molecule has 2 aromatic rings. The number of nitrogens with one attached hydrogen (secondary N) is 1. The van der Waals surface area contributed by atoms with Gasteiger partial charge in [0, 0.05) is 19.6 Å². The smallest absolute Gasteiger partial charge is 0.248 e. The minimum absolute atomic E-state index is 0.0836. The number of nitrogens with zero attached hydrogens (tertiary/aromatic N) is 2. The minimum Gasteiger partial charge on any atom is -0.353 e. The Kier molecular flexibility index (Phi) is 5.69. The Morgan fingerprint density at radius 1 is 1.04 bits per heavy atom. The Hall–Kier alpha value is -2.70. The number of hydrogen-bond acceptors (Lipinski definition) is 4. The molecule has 6 nitrogen and oxygen atoms in total. The van der Waals surface area contributed by atoms with Gasteiger partial charge in [0.2, 0.25) is 11.8 Å². The van der Waals surface area contributed by atoms with Crippen LogP contribution in [0.3, 0.4) is 0 Å². The average Bonchev–Trinajstić information content (AvgIpc) is 3.27. The van der Waals surface area contributed by atoms with Crippen molar-refractivity contribution < 1.29 is 14.4 Å². The number of amides is 2. The third-order valence-corrected chi connectivity index (χ3v) is 5.29. The third kappa shape index (κ3) is 4.24. The van der Waals surface area contributed by atoms with Crippen molar-refractivity contribution in [3.8, 4) is 11.1 Å². The number of rotatable bonds is 5. The fourth-order valence-corrected chi connectivity index (χ4v) is 3.75. The van der Waals surface area contributed by atoms with Gasteiger partial charge in [-0.15, -0.1) is 0 Å². The molecular weight excluding hydrogens is 354 g/mol. The van der Waals surface area contributed by atoms with Gasteiger partial charge in [-0.05, 0) is 23.1 Å². The first kappa shape index (κ1) is 18.7. The van der Waals surface area contributed by atoms with Gasteiger partial charge in [-0.1, -0.05) is 54.6 Å². The predicted octanol–water partition coefficient (Wildman–Crippen LogP) is 2.21. The molecule has 2 aliphatic rings. The van der Waals surface area contributed by atoms with Crippen LogP contribution in [0.2, 0.25) is 0 Å². The first-order chi connectivity index (χ1) is 13.7. The SMILES string of the molecule is O=C1NCCN(Cc2ccc(-c3ccccc3)cc2)[C@H]1CC(=O)N1CCCO1. The molecule has 2 aromatic carbocycles. The van der Waals surface area contributed by atoms with Gasteiger partial charge in [0.1, 0.15) is 0 Å². The van der Waals surface area contributed by atoms with Crippen molar-refractivity contribution in [2.24, 2.45) is 0 Å². The number of benzene rings is 2. The van der Waals surface area contributed by atoms with Crippen molar-refractivity contribution >= 4 is 11.8 Å². The summed E-state index contributed by atoms with van der Waals surface area (Å²) >= 11 is 0. The fraction of sp³-hybridized carbons (Fsp3) is 0.364. The van der Waals surface area contributed by atoms with E-state index in [2.05, 4.69) is 46.6 Å². The van der Waals surface area contributed by atoms with E-state index >= 15 is 0 Å². The first-order valence-corrected chi connectivity index (χ1v) is 9.80. The van der Waals surface area contributed by atoms with Crippen molar-refractivity contribution in [3.63, 3.8) is 0 Å². The highest BCUT2D eigenvalue weighted by molar-refractivity contribution is 5.88. The monoisotopic (exact) mass is 379 g/mol. The van der Waals surface area contributed by atoms with Gasteiger partial charge in [-0.25, -0.2) is 5.06 Å². The van der Waals surface area contributed by atoms with E-state index in [-0.39, 0.29) is 18.2 Å². The van der Waals surface area contributed by atoms with Crippen molar-refractivity contribution in [2.75, 3.05) is 26.2 Å². The highest BCUT2D eigenvalue weighted by Crippen LogP contribution is 2.21. The van der Waals surface area contributed by atoms with E-state index in [9.17, 15) is 9.59 Å². The lowest BCUT2D eigenvalue weighted by atomic mass is 10.0. The van der Waals surface area contributed by atoms with Crippen LogP contribution in [-0.4, -0.2) is 54.1 Å². The van der Waals surface area contributed by atoms with Crippen LogP contribution in [0.15, 0.2) is 54.6 Å². The molecule has 0 unspecified atom stereocenters. The fourth-order valence-electron chi connectivity index (χ4n) is 3.75. The molecule has 0 saturated carbocycles. The number of piperazine rings is 1. The summed E-state index contributed by atoms with van der Waals surface area (Å²) in [5.41, 5.74) is 3.48. The predicted molar refractivity (Wildman–Crippen MR) is 106 cm³/mol. The van der Waals surface area contributed by atoms with Gasteiger partial charge in [0.05, 0.1) is 25.6 Å². The molecule has 0 aliphatic carbocycles. The molecule has 2 aliphatic heterocycles. The second-order valence-electron chi connectivity index (χ2n) is 7.23. The van der Waals surface area contributed by atoms with Gasteiger partial charge in [0.15, 0.2) is 0 Å². The molecule has 28 heavy (non-hydrogen) atoms. The minimum atomic E-state index is -0.459. The van der Waals surface area contributed by atoms with Gasteiger partial charge in [0.25, 0.3) is 0 Å². The zero-order valence-corrected chi connectivity index (χ0v) is 15.8. The van der Waals surface area contributed by atoms with Crippen molar-refractivity contribution in [1.82, 2.24) is 15.3 Å². The molecule has 2 amide bonds. The molecule has 4 rings (SSSR count). The van der Waals surface area contributed by atoms with Crippen molar-refractivity contribution in [1.29, 1.82) is 0 Å². The van der Waals surface area contributed by atoms with Crippen LogP contribution in [0, 0.1) is 0 Å². The zero-order valence-electron chi connectivity index (χ0n) is 15.8. The van der Waals surface area contributed by atoms with Crippen LogP contribution in [0.5, 0.6) is 0 Å². The highest BCUT2D eigenvalue weighted by Gasteiger charge is 2.33. The normalized spacial score (nSPS) is 20.2. The van der Waals surface area contributed by atoms with E-state index in [0.29, 0.717) is 26.2 Å². The summed E-state index contributed by atoms with van der Waals surface area (Å²) < 4.78 is 0. The van der Waals surface area contributed by atoms with Crippen LogP contribution >= 0.6 is 0 Å². The van der Waals surface area contributed by atoms with Crippen LogP contribution in [0.4, 0.5) is 0 Å². The second kappa shape index (κ2) is 8.54. The maximum atomic E-state index is 12.5. The molecule has 2 fully saturated rings. The van der Waals surface area contributed by atoms with Crippen molar-refractivity contribution in [3.05, 3.63) is 60.2 Å². The van der Waals surface area contributed by atoms with E-state index in [1.165, 1.54) is 16.2 Å². The lowest BCUT2D eigenvalue weighted by Gasteiger charge is -2.35. The number of carbonyl (C=O) groups excluding carboxylic acids is 2. The lowest BCUT2D eigenvalue weighted by Crippen LogP contribution is -2.56. The zero-order chi connectivity index (χ0) is 19.3. The topological polar surface area (TPSA) is 61.9 Å². The molecule has 146 valence electrons. The molecular formula is C22H25N3O3. The van der Waals surface area contributed by atoms with E-state index in [4.69, 9.17) is 4.84 Å². The molecule has 0 aromatic heterocycles.